The maximum Gasteiger partial charge on any atom is 0.416 e. The summed E-state index contributed by atoms with van der Waals surface area (Å²) in [6.45, 7) is 8.98. The van der Waals surface area contributed by atoms with Gasteiger partial charge in [0.2, 0.25) is 5.95 Å². The fourth-order valence-corrected chi connectivity index (χ4v) is 7.48. The number of carbonyl (C=O) groups is 1. The molecule has 1 amide bonds. The smallest absolute Gasteiger partial charge is 0.416 e. The Hall–Kier alpha value is -4.72. The quantitative estimate of drug-likeness (QED) is 0.185. The normalized spacial score (nSPS) is 17.3. The predicted molar refractivity (Wildman–Crippen MR) is 181 cm³/mol. The Morgan fingerprint density at radius 2 is 1.61 bits per heavy atom. The van der Waals surface area contributed by atoms with Gasteiger partial charge < -0.3 is 15.4 Å². The first kappa shape index (κ1) is 34.2. The molecule has 14 heteroatoms. The largest absolute Gasteiger partial charge is 0.444 e. The minimum Gasteiger partial charge on any atom is -0.444 e. The number of carbonyl (C=O) groups excluding carboxylic acids is 1. The van der Waals surface area contributed by atoms with Gasteiger partial charge in [-0.1, -0.05) is 36.6 Å². The fraction of sp³-hybridized carbons (Fsp3) is 0.371. The summed E-state index contributed by atoms with van der Waals surface area (Å²) < 4.78 is 75.9. The number of nitrogens with zero attached hydrogens (tertiary/aromatic N) is 4. The van der Waals surface area contributed by atoms with E-state index in [1.165, 1.54) is 30.6 Å². The molecule has 2 N–H and O–H groups in total. The van der Waals surface area contributed by atoms with Gasteiger partial charge in [0, 0.05) is 52.2 Å². The standard InChI is InChI=1S/C35H37F3N6O4S/c1-20-10-13-23(14-11-20)49(46,47)44-19-27(24-15-12-22(16-30(24)44)35(36,37)38)26-18-39-21(2)25-17-40-32(43-31(25)26)41-28-8-6-7-9-29(28)42-33(45)48-34(3,4)5/h10-19,28-29H,6-9H2,1-5H3,(H,42,45)(H,40,41,43)/t28-,29+/m0/s1. The van der Waals surface area contributed by atoms with E-state index < -0.39 is 33.5 Å². The van der Waals surface area contributed by atoms with E-state index in [1.54, 1.807) is 46.0 Å². The number of alkyl carbamates (subject to hydrolysis) is 1. The minimum absolute atomic E-state index is 0.0679. The lowest BCUT2D eigenvalue weighted by Crippen LogP contribution is -2.50. The molecule has 0 spiro atoms. The van der Waals surface area contributed by atoms with Crippen molar-refractivity contribution in [2.24, 2.45) is 0 Å². The molecule has 0 unspecified atom stereocenters. The number of rotatable bonds is 6. The van der Waals surface area contributed by atoms with Crippen LogP contribution in [0, 0.1) is 13.8 Å². The van der Waals surface area contributed by atoms with Crippen molar-refractivity contribution in [1.82, 2.24) is 24.2 Å². The number of amides is 1. The number of alkyl halides is 3. The molecule has 0 radical (unpaired) electrons. The number of ether oxygens (including phenoxy) is 1. The summed E-state index contributed by atoms with van der Waals surface area (Å²) in [6.07, 6.45) is 2.60. The van der Waals surface area contributed by atoms with Crippen LogP contribution in [0.15, 0.2) is 66.0 Å². The third-order valence-corrected chi connectivity index (χ3v) is 10.3. The van der Waals surface area contributed by atoms with Crippen molar-refractivity contribution in [3.63, 3.8) is 0 Å². The zero-order valence-corrected chi connectivity index (χ0v) is 28.5. The average Bonchev–Trinajstić information content (AvgIpc) is 3.41. The number of hydrogen-bond acceptors (Lipinski definition) is 8. The van der Waals surface area contributed by atoms with E-state index in [1.807, 2.05) is 6.92 Å². The highest BCUT2D eigenvalue weighted by Crippen LogP contribution is 2.39. The summed E-state index contributed by atoms with van der Waals surface area (Å²) in [4.78, 5) is 26.4. The highest BCUT2D eigenvalue weighted by atomic mass is 32.2. The number of nitrogens with one attached hydrogen (secondary N) is 2. The second-order valence-corrected chi connectivity index (χ2v) is 15.2. The molecule has 3 aromatic heterocycles. The molecule has 2 atom stereocenters. The molecule has 1 fully saturated rings. The maximum atomic E-state index is 13.9. The predicted octanol–water partition coefficient (Wildman–Crippen LogP) is 7.77. The van der Waals surface area contributed by atoms with E-state index in [0.29, 0.717) is 27.7 Å². The zero-order valence-electron chi connectivity index (χ0n) is 27.7. The summed E-state index contributed by atoms with van der Waals surface area (Å²) in [5.74, 6) is 0.276. The van der Waals surface area contributed by atoms with E-state index in [2.05, 4.69) is 20.6 Å². The Balaban J connectivity index is 1.46. The summed E-state index contributed by atoms with van der Waals surface area (Å²) in [6, 6.07) is 8.71. The van der Waals surface area contributed by atoms with Crippen molar-refractivity contribution < 1.29 is 31.1 Å². The lowest BCUT2D eigenvalue weighted by Gasteiger charge is -2.33. The van der Waals surface area contributed by atoms with E-state index >= 15 is 0 Å². The van der Waals surface area contributed by atoms with Gasteiger partial charge in [0.15, 0.2) is 0 Å². The molecule has 258 valence electrons. The van der Waals surface area contributed by atoms with Crippen molar-refractivity contribution in [2.75, 3.05) is 5.32 Å². The molecule has 5 aromatic rings. The number of hydrogen-bond donors (Lipinski definition) is 2. The summed E-state index contributed by atoms with van der Waals surface area (Å²) >= 11 is 0. The highest BCUT2D eigenvalue weighted by molar-refractivity contribution is 7.90. The topological polar surface area (TPSA) is 128 Å². The van der Waals surface area contributed by atoms with Gasteiger partial charge in [-0.2, -0.15) is 13.2 Å². The molecule has 3 heterocycles. The number of halogens is 3. The second-order valence-electron chi connectivity index (χ2n) is 13.4. The summed E-state index contributed by atoms with van der Waals surface area (Å²) in [7, 11) is -4.31. The van der Waals surface area contributed by atoms with Gasteiger partial charge in [-0.05, 0) is 71.7 Å². The average molecular weight is 695 g/mol. The lowest BCUT2D eigenvalue weighted by molar-refractivity contribution is -0.137. The third kappa shape index (κ3) is 7.05. The van der Waals surface area contributed by atoms with Gasteiger partial charge in [0.1, 0.15) is 5.60 Å². The van der Waals surface area contributed by atoms with Crippen molar-refractivity contribution in [2.45, 2.75) is 89.1 Å². The first-order chi connectivity index (χ1) is 23.0. The monoisotopic (exact) mass is 694 g/mol. The van der Waals surface area contributed by atoms with Crippen LogP contribution in [-0.4, -0.2) is 51.1 Å². The van der Waals surface area contributed by atoms with Crippen molar-refractivity contribution in [3.05, 3.63) is 77.9 Å². The van der Waals surface area contributed by atoms with Crippen LogP contribution in [0.25, 0.3) is 32.9 Å². The van der Waals surface area contributed by atoms with Crippen molar-refractivity contribution in [1.29, 1.82) is 0 Å². The van der Waals surface area contributed by atoms with Crippen LogP contribution in [0.5, 0.6) is 0 Å². The molecule has 2 aromatic carbocycles. The first-order valence-electron chi connectivity index (χ1n) is 15.9. The number of anilines is 1. The molecule has 1 aliphatic carbocycles. The molecular weight excluding hydrogens is 657 g/mol. The second kappa shape index (κ2) is 12.6. The van der Waals surface area contributed by atoms with Crippen LogP contribution in [0.2, 0.25) is 0 Å². The van der Waals surface area contributed by atoms with Crippen LogP contribution in [0.3, 0.4) is 0 Å². The van der Waals surface area contributed by atoms with Gasteiger partial charge in [-0.15, -0.1) is 0 Å². The highest BCUT2D eigenvalue weighted by Gasteiger charge is 2.33. The molecule has 49 heavy (non-hydrogen) atoms. The number of pyridine rings is 1. The fourth-order valence-electron chi connectivity index (χ4n) is 6.12. The molecule has 6 rings (SSSR count). The molecule has 1 saturated carbocycles. The van der Waals surface area contributed by atoms with Gasteiger partial charge in [-0.25, -0.2) is 27.2 Å². The van der Waals surface area contributed by atoms with Crippen LogP contribution in [0.4, 0.5) is 23.9 Å². The molecular formula is C35H37F3N6O4S. The SMILES string of the molecule is Cc1ccc(S(=O)(=O)n2cc(-c3cnc(C)c4cnc(N[C@H]5CCCC[C@H]5NC(=O)OC(C)(C)C)nc34)c3ccc(C(F)(F)F)cc32)cc1. The number of fused-ring (bicyclic) bond motifs is 2. The molecule has 0 bridgehead atoms. The number of aryl methyl sites for hydroxylation is 2. The molecule has 0 aliphatic heterocycles. The molecule has 1 aliphatic rings. The Morgan fingerprint density at radius 1 is 0.918 bits per heavy atom. The number of aromatic nitrogens is 4. The lowest BCUT2D eigenvalue weighted by atomic mass is 9.90. The zero-order chi connectivity index (χ0) is 35.3. The Bertz CT molecular complexity index is 2160. The molecule has 0 saturated heterocycles. The van der Waals surface area contributed by atoms with Crippen LogP contribution < -0.4 is 10.6 Å². The summed E-state index contributed by atoms with van der Waals surface area (Å²) in [5.41, 5.74) is 0.870. The number of benzene rings is 2. The van der Waals surface area contributed by atoms with Crippen molar-refractivity contribution >= 4 is 43.9 Å². The Labute approximate surface area is 282 Å². The maximum absolute atomic E-state index is 13.9. The van der Waals surface area contributed by atoms with Gasteiger partial charge >= 0.3 is 12.3 Å². The van der Waals surface area contributed by atoms with E-state index in [4.69, 9.17) is 9.72 Å². The van der Waals surface area contributed by atoms with E-state index in [-0.39, 0.29) is 33.8 Å². The van der Waals surface area contributed by atoms with Crippen molar-refractivity contribution in [3.8, 4) is 11.1 Å². The van der Waals surface area contributed by atoms with Gasteiger partial charge in [0.05, 0.1) is 27.5 Å². The third-order valence-electron chi connectivity index (χ3n) is 8.57. The van der Waals surface area contributed by atoms with Gasteiger partial charge in [0.25, 0.3) is 10.0 Å². The summed E-state index contributed by atoms with van der Waals surface area (Å²) in [5, 5.41) is 7.20. The van der Waals surface area contributed by atoms with E-state index in [0.717, 1.165) is 47.4 Å². The van der Waals surface area contributed by atoms with Gasteiger partial charge in [-0.3, -0.25) is 4.98 Å². The minimum atomic E-state index is -4.70. The Morgan fingerprint density at radius 3 is 2.29 bits per heavy atom. The first-order valence-corrected chi connectivity index (χ1v) is 17.4. The van der Waals surface area contributed by atoms with E-state index in [9.17, 15) is 26.4 Å². The molecule has 10 nitrogen and oxygen atoms in total. The van der Waals surface area contributed by atoms with Crippen LogP contribution >= 0.6 is 0 Å². The van der Waals surface area contributed by atoms with Crippen LogP contribution in [-0.2, 0) is 20.9 Å². The Kier molecular flexibility index (Phi) is 8.80. The van der Waals surface area contributed by atoms with Crippen LogP contribution in [0.1, 0.15) is 63.3 Å².